The van der Waals surface area contributed by atoms with E-state index in [1.807, 2.05) is 0 Å². The minimum atomic E-state index is -0.941. The summed E-state index contributed by atoms with van der Waals surface area (Å²) in [6.45, 7) is 1.58. The molecule has 1 amide bonds. The number of carbonyl (C=O) groups excluding carboxylic acids is 2. The van der Waals surface area contributed by atoms with Crippen molar-refractivity contribution < 1.29 is 23.8 Å². The van der Waals surface area contributed by atoms with Crippen molar-refractivity contribution in [2.75, 3.05) is 14.2 Å². The maximum atomic E-state index is 12.0. The Morgan fingerprint density at radius 3 is 2.64 bits per heavy atom. The molecule has 1 aromatic heterocycles. The number of nitrogens with one attached hydrogen (secondary N) is 1. The Bertz CT molecular complexity index is 719. The Morgan fingerprint density at radius 2 is 2.00 bits per heavy atom. The number of methoxy groups -OCH3 is 2. The van der Waals surface area contributed by atoms with E-state index in [0.29, 0.717) is 11.5 Å². The summed E-state index contributed by atoms with van der Waals surface area (Å²) in [7, 11) is 3.08. The summed E-state index contributed by atoms with van der Waals surface area (Å²) in [5.74, 6) is 0.138. The fraction of sp³-hybridized carbons (Fsp3) is 0.400. The zero-order valence-electron chi connectivity index (χ0n) is 14.1. The molecule has 1 aromatic carbocycles. The lowest BCUT2D eigenvalue weighted by Gasteiger charge is -2.14. The van der Waals surface area contributed by atoms with Crippen LogP contribution in [0, 0.1) is 0 Å². The van der Waals surface area contributed by atoms with Crippen molar-refractivity contribution in [2.24, 2.45) is 0 Å². The van der Waals surface area contributed by atoms with Crippen LogP contribution in [0.1, 0.15) is 12.5 Å². The van der Waals surface area contributed by atoms with E-state index in [-0.39, 0.29) is 13.1 Å². The second-order valence-corrected chi connectivity index (χ2v) is 5.05. The number of ether oxygens (including phenoxy) is 3. The predicted octanol–water partition coefficient (Wildman–Crippen LogP) is -0.0616. The summed E-state index contributed by atoms with van der Waals surface area (Å²) in [5.41, 5.74) is 0.818. The van der Waals surface area contributed by atoms with Gasteiger partial charge in [-0.05, 0) is 35.0 Å². The molecule has 0 aliphatic heterocycles. The fourth-order valence-electron chi connectivity index (χ4n) is 2.00. The van der Waals surface area contributed by atoms with Gasteiger partial charge in [-0.1, -0.05) is 6.07 Å². The van der Waals surface area contributed by atoms with E-state index in [2.05, 4.69) is 20.8 Å². The van der Waals surface area contributed by atoms with Crippen LogP contribution in [-0.2, 0) is 27.4 Å². The van der Waals surface area contributed by atoms with Crippen LogP contribution in [0.5, 0.6) is 11.5 Å². The van der Waals surface area contributed by atoms with Crippen LogP contribution in [0.3, 0.4) is 0 Å². The fourth-order valence-corrected chi connectivity index (χ4v) is 2.00. The number of esters is 1. The number of hydrogen-bond acceptors (Lipinski definition) is 8. The first-order chi connectivity index (χ1) is 12.0. The molecule has 0 aliphatic rings. The summed E-state index contributed by atoms with van der Waals surface area (Å²) in [6, 6.07) is 5.31. The SMILES string of the molecule is COc1ccc(CNC(=O)[C@H](C)OC(=O)Cn2cnnn2)cc1OC. The molecule has 0 spiro atoms. The number of benzene rings is 1. The first-order valence-electron chi connectivity index (χ1n) is 7.42. The molecule has 0 saturated carbocycles. The third-order valence-corrected chi connectivity index (χ3v) is 3.27. The van der Waals surface area contributed by atoms with Gasteiger partial charge in [0.05, 0.1) is 14.2 Å². The molecule has 10 nitrogen and oxygen atoms in total. The van der Waals surface area contributed by atoms with Gasteiger partial charge in [-0.2, -0.15) is 0 Å². The number of hydrogen-bond donors (Lipinski definition) is 1. The van der Waals surface area contributed by atoms with Crippen LogP contribution in [0.4, 0.5) is 0 Å². The third-order valence-electron chi connectivity index (χ3n) is 3.27. The Hall–Kier alpha value is -3.17. The van der Waals surface area contributed by atoms with Crippen LogP contribution in [0.25, 0.3) is 0 Å². The number of carbonyl (C=O) groups is 2. The normalized spacial score (nSPS) is 11.5. The van der Waals surface area contributed by atoms with Crippen LogP contribution in [0.2, 0.25) is 0 Å². The molecule has 1 N–H and O–H groups in total. The number of amides is 1. The third kappa shape index (κ3) is 5.16. The minimum Gasteiger partial charge on any atom is -0.493 e. The van der Waals surface area contributed by atoms with Crippen LogP contribution < -0.4 is 14.8 Å². The number of nitrogens with zero attached hydrogens (tertiary/aromatic N) is 4. The number of aromatic nitrogens is 4. The lowest BCUT2D eigenvalue weighted by molar-refractivity contribution is -0.155. The van der Waals surface area contributed by atoms with E-state index in [0.717, 1.165) is 5.56 Å². The average molecular weight is 349 g/mol. The molecule has 2 rings (SSSR count). The zero-order chi connectivity index (χ0) is 18.2. The topological polar surface area (TPSA) is 117 Å². The van der Waals surface area contributed by atoms with Crippen molar-refractivity contribution >= 4 is 11.9 Å². The molecule has 0 unspecified atom stereocenters. The van der Waals surface area contributed by atoms with Crippen LogP contribution in [0.15, 0.2) is 24.5 Å². The van der Waals surface area contributed by atoms with E-state index in [9.17, 15) is 9.59 Å². The lowest BCUT2D eigenvalue weighted by atomic mass is 10.2. The molecule has 0 bridgehead atoms. The van der Waals surface area contributed by atoms with Crippen molar-refractivity contribution in [1.29, 1.82) is 0 Å². The monoisotopic (exact) mass is 349 g/mol. The summed E-state index contributed by atoms with van der Waals surface area (Å²) in [5, 5.41) is 13.0. The van der Waals surface area contributed by atoms with Gasteiger partial charge in [0.25, 0.3) is 5.91 Å². The van der Waals surface area contributed by atoms with Gasteiger partial charge in [0, 0.05) is 6.54 Å². The van der Waals surface area contributed by atoms with Crippen LogP contribution >= 0.6 is 0 Å². The molecule has 134 valence electrons. The molecule has 0 saturated heterocycles. The molecule has 25 heavy (non-hydrogen) atoms. The van der Waals surface area contributed by atoms with Gasteiger partial charge in [0.15, 0.2) is 17.6 Å². The van der Waals surface area contributed by atoms with Gasteiger partial charge in [-0.3, -0.25) is 9.59 Å². The summed E-state index contributed by atoms with van der Waals surface area (Å²) in [4.78, 5) is 23.7. The van der Waals surface area contributed by atoms with Crippen molar-refractivity contribution in [1.82, 2.24) is 25.5 Å². The number of rotatable bonds is 8. The average Bonchev–Trinajstić information content (AvgIpc) is 3.11. The highest BCUT2D eigenvalue weighted by Crippen LogP contribution is 2.27. The zero-order valence-corrected chi connectivity index (χ0v) is 14.1. The Balaban J connectivity index is 1.83. The summed E-state index contributed by atoms with van der Waals surface area (Å²) >= 11 is 0. The van der Waals surface area contributed by atoms with E-state index in [1.165, 1.54) is 25.0 Å². The predicted molar refractivity (Wildman–Crippen MR) is 84.8 cm³/mol. The van der Waals surface area contributed by atoms with Crippen molar-refractivity contribution in [3.05, 3.63) is 30.1 Å². The molecular weight excluding hydrogens is 330 g/mol. The summed E-state index contributed by atoms with van der Waals surface area (Å²) < 4.78 is 16.6. The largest absolute Gasteiger partial charge is 0.493 e. The van der Waals surface area contributed by atoms with Crippen molar-refractivity contribution in [3.63, 3.8) is 0 Å². The first-order valence-corrected chi connectivity index (χ1v) is 7.42. The maximum absolute atomic E-state index is 12.0. The molecule has 0 radical (unpaired) electrons. The Labute approximate surface area is 144 Å². The second kappa shape index (κ2) is 8.62. The molecule has 10 heteroatoms. The highest BCUT2D eigenvalue weighted by Gasteiger charge is 2.18. The lowest BCUT2D eigenvalue weighted by Crippen LogP contribution is -2.36. The van der Waals surface area contributed by atoms with E-state index >= 15 is 0 Å². The maximum Gasteiger partial charge on any atom is 0.328 e. The molecule has 0 fully saturated rings. The van der Waals surface area contributed by atoms with Gasteiger partial charge >= 0.3 is 5.97 Å². The molecular formula is C15H19N5O5. The Morgan fingerprint density at radius 1 is 1.24 bits per heavy atom. The molecule has 1 atom stereocenters. The van der Waals surface area contributed by atoms with Gasteiger partial charge < -0.3 is 19.5 Å². The smallest absolute Gasteiger partial charge is 0.328 e. The highest BCUT2D eigenvalue weighted by molar-refractivity contribution is 5.83. The quantitative estimate of drug-likeness (QED) is 0.659. The van der Waals surface area contributed by atoms with Gasteiger partial charge in [-0.25, -0.2) is 4.68 Å². The standard InChI is InChI=1S/C15H19N5O5/c1-10(25-14(21)8-20-9-17-18-19-20)15(22)16-7-11-4-5-12(23-2)13(6-11)24-3/h4-6,9-10H,7-8H2,1-3H3,(H,16,22)/t10-/m0/s1. The molecule has 2 aromatic rings. The van der Waals surface area contributed by atoms with E-state index in [4.69, 9.17) is 14.2 Å². The minimum absolute atomic E-state index is 0.166. The Kier molecular flexibility index (Phi) is 6.26. The number of tetrazole rings is 1. The van der Waals surface area contributed by atoms with Gasteiger partial charge in [0.2, 0.25) is 0 Å². The first kappa shape index (κ1) is 18.2. The highest BCUT2D eigenvalue weighted by atomic mass is 16.5. The van der Waals surface area contributed by atoms with E-state index in [1.54, 1.807) is 25.3 Å². The van der Waals surface area contributed by atoms with E-state index < -0.39 is 18.0 Å². The van der Waals surface area contributed by atoms with Gasteiger partial charge in [0.1, 0.15) is 12.9 Å². The molecule has 1 heterocycles. The van der Waals surface area contributed by atoms with Crippen molar-refractivity contribution in [3.8, 4) is 11.5 Å². The molecule has 0 aliphatic carbocycles. The second-order valence-electron chi connectivity index (χ2n) is 5.05. The van der Waals surface area contributed by atoms with Crippen LogP contribution in [-0.4, -0.2) is 52.4 Å². The van der Waals surface area contributed by atoms with Gasteiger partial charge in [-0.15, -0.1) is 5.10 Å². The van der Waals surface area contributed by atoms with Crippen molar-refractivity contribution in [2.45, 2.75) is 26.1 Å². The summed E-state index contributed by atoms with van der Waals surface area (Å²) in [6.07, 6.45) is 0.340.